The first-order chi connectivity index (χ1) is 14.7. The number of anilines is 1. The summed E-state index contributed by atoms with van der Waals surface area (Å²) in [4.78, 5) is 11.3. The number of rotatable bonds is 4. The molecule has 0 spiro atoms. The monoisotopic (exact) mass is 416 g/mol. The Balaban J connectivity index is 1.46. The van der Waals surface area contributed by atoms with Gasteiger partial charge in [-0.1, -0.05) is 30.3 Å². The van der Waals surface area contributed by atoms with Gasteiger partial charge < -0.3 is 9.47 Å². The van der Waals surface area contributed by atoms with Crippen LogP contribution in [0.2, 0.25) is 0 Å². The van der Waals surface area contributed by atoms with Crippen LogP contribution >= 0.6 is 11.3 Å². The Hall–Kier alpha value is -3.45. The average Bonchev–Trinajstić information content (AvgIpc) is 3.21. The summed E-state index contributed by atoms with van der Waals surface area (Å²) in [7, 11) is 0. The number of aryl methyl sites for hydroxylation is 1. The second-order valence-electron chi connectivity index (χ2n) is 6.98. The summed E-state index contributed by atoms with van der Waals surface area (Å²) in [5.41, 5.74) is 6.10. The number of hydrogen-bond acceptors (Lipinski definition) is 7. The molecule has 7 heteroatoms. The summed E-state index contributed by atoms with van der Waals surface area (Å²) in [6.07, 6.45) is 0. The molecule has 0 unspecified atom stereocenters. The Kier molecular flexibility index (Phi) is 4.80. The van der Waals surface area contributed by atoms with Crippen molar-refractivity contribution >= 4 is 33.1 Å². The van der Waals surface area contributed by atoms with Crippen LogP contribution in [0.15, 0.2) is 59.7 Å². The van der Waals surface area contributed by atoms with Gasteiger partial charge in [0.15, 0.2) is 17.3 Å². The van der Waals surface area contributed by atoms with Crippen LogP contribution in [0, 0.1) is 6.92 Å². The number of nitrogens with one attached hydrogen (secondary N) is 1. The SMILES string of the molecule is CC(=NNc1nc(C)nc2sc(-c3ccccc3)cc12)c1ccc2c(c1)OCCO2. The zero-order valence-electron chi connectivity index (χ0n) is 16.7. The number of benzene rings is 2. The maximum Gasteiger partial charge on any atom is 0.162 e. The quantitative estimate of drug-likeness (QED) is 0.362. The van der Waals surface area contributed by atoms with Crippen molar-refractivity contribution in [2.24, 2.45) is 5.10 Å². The van der Waals surface area contributed by atoms with E-state index in [1.54, 1.807) is 11.3 Å². The number of thiophene rings is 1. The van der Waals surface area contributed by atoms with Crippen molar-refractivity contribution in [3.63, 3.8) is 0 Å². The molecule has 0 aliphatic carbocycles. The highest BCUT2D eigenvalue weighted by molar-refractivity contribution is 7.21. The van der Waals surface area contributed by atoms with E-state index in [0.29, 0.717) is 24.9 Å². The number of aromatic nitrogens is 2. The van der Waals surface area contributed by atoms with Crippen molar-refractivity contribution in [2.75, 3.05) is 18.6 Å². The molecule has 0 radical (unpaired) electrons. The highest BCUT2D eigenvalue weighted by Gasteiger charge is 2.14. The zero-order chi connectivity index (χ0) is 20.5. The Morgan fingerprint density at radius 2 is 1.80 bits per heavy atom. The van der Waals surface area contributed by atoms with Crippen molar-refractivity contribution < 1.29 is 9.47 Å². The summed E-state index contributed by atoms with van der Waals surface area (Å²) in [5, 5.41) is 5.53. The second-order valence-corrected chi connectivity index (χ2v) is 8.01. The lowest BCUT2D eigenvalue weighted by atomic mass is 10.1. The first-order valence-corrected chi connectivity index (χ1v) is 10.5. The predicted molar refractivity (Wildman–Crippen MR) is 121 cm³/mol. The van der Waals surface area contributed by atoms with E-state index in [0.717, 1.165) is 37.9 Å². The average molecular weight is 417 g/mol. The molecule has 0 fully saturated rings. The van der Waals surface area contributed by atoms with Crippen LogP contribution in [0.25, 0.3) is 20.7 Å². The molecule has 1 aliphatic rings. The zero-order valence-corrected chi connectivity index (χ0v) is 17.5. The fourth-order valence-electron chi connectivity index (χ4n) is 3.33. The van der Waals surface area contributed by atoms with Gasteiger partial charge in [0.1, 0.15) is 23.9 Å². The molecule has 150 valence electrons. The fourth-order valence-corrected chi connectivity index (χ4v) is 4.41. The Morgan fingerprint density at radius 3 is 2.63 bits per heavy atom. The second kappa shape index (κ2) is 7.76. The number of hydrazone groups is 1. The Morgan fingerprint density at radius 1 is 1.00 bits per heavy atom. The van der Waals surface area contributed by atoms with E-state index in [4.69, 9.17) is 9.47 Å². The highest BCUT2D eigenvalue weighted by Crippen LogP contribution is 2.35. The molecule has 2 aromatic heterocycles. The smallest absolute Gasteiger partial charge is 0.162 e. The Bertz CT molecular complexity index is 1250. The molecule has 1 aliphatic heterocycles. The van der Waals surface area contributed by atoms with Crippen LogP contribution < -0.4 is 14.9 Å². The summed E-state index contributed by atoms with van der Waals surface area (Å²) in [6.45, 7) is 4.98. The molecule has 4 aromatic rings. The van der Waals surface area contributed by atoms with Crippen molar-refractivity contribution in [3.8, 4) is 21.9 Å². The normalized spacial score (nSPS) is 13.5. The largest absolute Gasteiger partial charge is 0.486 e. The van der Waals surface area contributed by atoms with Crippen LogP contribution in [-0.2, 0) is 0 Å². The van der Waals surface area contributed by atoms with E-state index in [-0.39, 0.29) is 0 Å². The molecule has 0 amide bonds. The van der Waals surface area contributed by atoms with Gasteiger partial charge in [-0.05, 0) is 43.7 Å². The fraction of sp³-hybridized carbons (Fsp3) is 0.174. The minimum absolute atomic E-state index is 0.561. The molecule has 30 heavy (non-hydrogen) atoms. The van der Waals surface area contributed by atoms with Gasteiger partial charge in [0.25, 0.3) is 0 Å². The van der Waals surface area contributed by atoms with Crippen LogP contribution in [0.3, 0.4) is 0 Å². The number of hydrogen-bond donors (Lipinski definition) is 1. The number of ether oxygens (including phenoxy) is 2. The topological polar surface area (TPSA) is 68.6 Å². The molecule has 5 rings (SSSR count). The molecular weight excluding hydrogens is 396 g/mol. The maximum atomic E-state index is 5.68. The molecule has 0 saturated carbocycles. The summed E-state index contributed by atoms with van der Waals surface area (Å²) in [5.74, 6) is 2.93. The third kappa shape index (κ3) is 3.59. The van der Waals surface area contributed by atoms with E-state index in [1.165, 1.54) is 5.56 Å². The van der Waals surface area contributed by atoms with Crippen LogP contribution in [0.1, 0.15) is 18.3 Å². The summed E-state index contributed by atoms with van der Waals surface area (Å²) < 4.78 is 11.3. The van der Waals surface area contributed by atoms with Gasteiger partial charge in [-0.25, -0.2) is 9.97 Å². The van der Waals surface area contributed by atoms with Crippen LogP contribution in [0.4, 0.5) is 5.82 Å². The summed E-state index contributed by atoms with van der Waals surface area (Å²) in [6, 6.07) is 18.3. The third-order valence-corrected chi connectivity index (χ3v) is 5.93. The van der Waals surface area contributed by atoms with Gasteiger partial charge in [0.2, 0.25) is 0 Å². The van der Waals surface area contributed by atoms with Crippen LogP contribution in [0.5, 0.6) is 11.5 Å². The van der Waals surface area contributed by atoms with E-state index < -0.39 is 0 Å². The number of fused-ring (bicyclic) bond motifs is 2. The van der Waals surface area contributed by atoms with E-state index in [1.807, 2.05) is 50.2 Å². The predicted octanol–water partition coefficient (Wildman–Crippen LogP) is 5.27. The van der Waals surface area contributed by atoms with Crippen molar-refractivity contribution in [2.45, 2.75) is 13.8 Å². The van der Waals surface area contributed by atoms with Crippen molar-refractivity contribution in [1.29, 1.82) is 0 Å². The maximum absolute atomic E-state index is 5.68. The van der Waals surface area contributed by atoms with Crippen molar-refractivity contribution in [1.82, 2.24) is 9.97 Å². The lowest BCUT2D eigenvalue weighted by Crippen LogP contribution is -2.15. The molecule has 0 atom stereocenters. The minimum atomic E-state index is 0.561. The van der Waals surface area contributed by atoms with Gasteiger partial charge in [-0.2, -0.15) is 5.10 Å². The minimum Gasteiger partial charge on any atom is -0.486 e. The first-order valence-electron chi connectivity index (χ1n) is 9.71. The molecule has 0 saturated heterocycles. The lowest BCUT2D eigenvalue weighted by Gasteiger charge is -2.18. The molecule has 0 bridgehead atoms. The molecule has 3 heterocycles. The summed E-state index contributed by atoms with van der Waals surface area (Å²) >= 11 is 1.65. The van der Waals surface area contributed by atoms with Gasteiger partial charge in [0.05, 0.1) is 11.1 Å². The van der Waals surface area contributed by atoms with Gasteiger partial charge in [-0.3, -0.25) is 5.43 Å². The van der Waals surface area contributed by atoms with E-state index in [9.17, 15) is 0 Å². The van der Waals surface area contributed by atoms with Gasteiger partial charge in [0, 0.05) is 10.4 Å². The Labute approximate surface area is 178 Å². The highest BCUT2D eigenvalue weighted by atomic mass is 32.1. The van der Waals surface area contributed by atoms with E-state index >= 15 is 0 Å². The molecule has 2 aromatic carbocycles. The van der Waals surface area contributed by atoms with Gasteiger partial charge in [-0.15, -0.1) is 11.3 Å². The lowest BCUT2D eigenvalue weighted by molar-refractivity contribution is 0.171. The molecular formula is C23H20N4O2S. The third-order valence-electron chi connectivity index (χ3n) is 4.85. The van der Waals surface area contributed by atoms with Crippen molar-refractivity contribution in [3.05, 3.63) is 66.0 Å². The first kappa shape index (κ1) is 18.6. The number of nitrogens with zero attached hydrogens (tertiary/aromatic N) is 3. The van der Waals surface area contributed by atoms with E-state index in [2.05, 4.69) is 38.7 Å². The van der Waals surface area contributed by atoms with Crippen LogP contribution in [-0.4, -0.2) is 28.9 Å². The van der Waals surface area contributed by atoms with Gasteiger partial charge >= 0.3 is 0 Å². The molecule has 1 N–H and O–H groups in total. The standard InChI is InChI=1S/C23H20N4O2S/c1-14(17-8-9-19-20(12-17)29-11-10-28-19)26-27-22-18-13-21(16-6-4-3-5-7-16)30-23(18)25-15(2)24-22/h3-9,12-13H,10-11H2,1-2H3,(H,24,25,27). The molecule has 6 nitrogen and oxygen atoms in total.